The molecule has 20 heavy (non-hydrogen) atoms. The molecule has 1 fully saturated rings. The Balaban J connectivity index is 2.17. The average Bonchev–Trinajstić information content (AvgIpc) is 3.11. The fraction of sp³-hybridized carbons (Fsp3) is 0.429. The fourth-order valence-electron chi connectivity index (χ4n) is 3.46. The van der Waals surface area contributed by atoms with Crippen molar-refractivity contribution in [2.75, 3.05) is 19.1 Å². The van der Waals surface area contributed by atoms with Crippen LogP contribution in [0, 0.1) is 11.8 Å². The van der Waals surface area contributed by atoms with E-state index < -0.39 is 35.6 Å². The number of anilines is 1. The number of benzene rings is 1. The second-order valence-corrected chi connectivity index (χ2v) is 5.11. The number of likely N-dealkylation sites (N-methyl/N-ethyl adjacent to an activating group) is 1. The van der Waals surface area contributed by atoms with Crippen molar-refractivity contribution in [3.63, 3.8) is 0 Å². The lowest BCUT2D eigenvalue weighted by atomic mass is 9.93. The first kappa shape index (κ1) is 13.0. The first-order valence-corrected chi connectivity index (χ1v) is 6.21. The summed E-state index contributed by atoms with van der Waals surface area (Å²) in [6.07, 6.45) is -2.75. The number of halogens is 2. The number of methoxy groups -OCH3 is 1. The molecule has 1 aromatic carbocycles. The Morgan fingerprint density at radius 1 is 1.40 bits per heavy atom. The predicted molar refractivity (Wildman–Crippen MR) is 66.5 cm³/mol. The molecule has 3 atom stereocenters. The number of ether oxygens (including phenoxy) is 1. The van der Waals surface area contributed by atoms with Gasteiger partial charge < -0.3 is 9.64 Å². The third-order valence-electron chi connectivity index (χ3n) is 4.36. The summed E-state index contributed by atoms with van der Waals surface area (Å²) in [5, 5.41) is 0. The van der Waals surface area contributed by atoms with Crippen LogP contribution >= 0.6 is 0 Å². The van der Waals surface area contributed by atoms with Crippen LogP contribution in [0.3, 0.4) is 0 Å². The molecule has 0 aromatic heterocycles. The van der Waals surface area contributed by atoms with E-state index in [2.05, 4.69) is 4.74 Å². The number of hydrogen-bond donors (Lipinski definition) is 0. The normalized spacial score (nSPS) is 30.9. The Morgan fingerprint density at radius 3 is 2.65 bits per heavy atom. The zero-order valence-electron chi connectivity index (χ0n) is 11.0. The number of rotatable bonds is 2. The van der Waals surface area contributed by atoms with Gasteiger partial charge in [-0.2, -0.15) is 0 Å². The Morgan fingerprint density at radius 2 is 2.05 bits per heavy atom. The summed E-state index contributed by atoms with van der Waals surface area (Å²) in [5.74, 6) is -3.63. The maximum Gasteiger partial charge on any atom is 0.310 e. The molecule has 4 nitrogen and oxygen atoms in total. The van der Waals surface area contributed by atoms with Gasteiger partial charge in [-0.25, -0.2) is 8.78 Å². The zero-order valence-corrected chi connectivity index (χ0v) is 11.0. The Bertz CT molecular complexity index is 604. The minimum absolute atomic E-state index is 0.459. The van der Waals surface area contributed by atoms with Crippen molar-refractivity contribution in [3.8, 4) is 0 Å². The molecule has 2 aliphatic rings. The van der Waals surface area contributed by atoms with Crippen LogP contribution in [0.1, 0.15) is 5.56 Å². The van der Waals surface area contributed by atoms with Gasteiger partial charge in [0.2, 0.25) is 12.3 Å². The number of carbonyl (C=O) groups excluding carboxylic acids is 2. The number of nitrogens with zero attached hydrogens (tertiary/aromatic N) is 1. The zero-order chi connectivity index (χ0) is 14.7. The van der Waals surface area contributed by atoms with E-state index in [1.54, 1.807) is 24.3 Å². The molecule has 1 heterocycles. The van der Waals surface area contributed by atoms with Crippen molar-refractivity contribution in [2.45, 2.75) is 11.8 Å². The fourth-order valence-corrected chi connectivity index (χ4v) is 3.46. The van der Waals surface area contributed by atoms with Crippen LogP contribution in [0.5, 0.6) is 0 Å². The summed E-state index contributed by atoms with van der Waals surface area (Å²) in [7, 11) is 2.68. The quantitative estimate of drug-likeness (QED) is 0.773. The van der Waals surface area contributed by atoms with E-state index in [-0.39, 0.29) is 0 Å². The van der Waals surface area contributed by atoms with Crippen molar-refractivity contribution >= 4 is 17.6 Å². The van der Waals surface area contributed by atoms with Crippen LogP contribution < -0.4 is 4.90 Å². The first-order chi connectivity index (χ1) is 9.47. The number of para-hydroxylation sites is 1. The van der Waals surface area contributed by atoms with Gasteiger partial charge >= 0.3 is 5.97 Å². The van der Waals surface area contributed by atoms with Gasteiger partial charge in [-0.15, -0.1) is 0 Å². The molecule has 1 amide bonds. The second-order valence-electron chi connectivity index (χ2n) is 5.11. The summed E-state index contributed by atoms with van der Waals surface area (Å²) in [6.45, 7) is 0. The highest BCUT2D eigenvalue weighted by Gasteiger charge is 2.80. The van der Waals surface area contributed by atoms with Gasteiger partial charge in [0.1, 0.15) is 0 Å². The smallest absolute Gasteiger partial charge is 0.310 e. The van der Waals surface area contributed by atoms with Crippen LogP contribution in [-0.4, -0.2) is 32.5 Å². The third-order valence-corrected chi connectivity index (χ3v) is 4.36. The Hall–Kier alpha value is -1.98. The van der Waals surface area contributed by atoms with Crippen molar-refractivity contribution in [3.05, 3.63) is 29.8 Å². The van der Waals surface area contributed by atoms with Crippen LogP contribution in [0.4, 0.5) is 14.5 Å². The minimum atomic E-state index is -2.75. The van der Waals surface area contributed by atoms with Gasteiger partial charge in [0.25, 0.3) is 0 Å². The lowest BCUT2D eigenvalue weighted by molar-refractivity contribution is -0.144. The van der Waals surface area contributed by atoms with E-state index >= 15 is 0 Å². The number of alkyl halides is 2. The summed E-state index contributed by atoms with van der Waals surface area (Å²) in [4.78, 5) is 25.6. The molecule has 1 aliphatic heterocycles. The molecule has 1 spiro atoms. The number of amides is 1. The molecule has 6 heteroatoms. The first-order valence-electron chi connectivity index (χ1n) is 6.21. The number of esters is 1. The molecular formula is C14H13F2NO3. The molecular weight excluding hydrogens is 268 g/mol. The molecule has 1 aromatic rings. The van der Waals surface area contributed by atoms with Gasteiger partial charge in [0.15, 0.2) is 0 Å². The summed E-state index contributed by atoms with van der Waals surface area (Å²) in [6, 6.07) is 6.74. The molecule has 1 saturated carbocycles. The van der Waals surface area contributed by atoms with Crippen LogP contribution in [-0.2, 0) is 19.7 Å². The molecule has 1 aliphatic carbocycles. The Kier molecular flexibility index (Phi) is 2.61. The lowest BCUT2D eigenvalue weighted by Gasteiger charge is -2.11. The summed E-state index contributed by atoms with van der Waals surface area (Å²) in [5.41, 5.74) is -0.380. The van der Waals surface area contributed by atoms with E-state index in [4.69, 9.17) is 0 Å². The second kappa shape index (κ2) is 4.01. The molecule has 106 valence electrons. The SMILES string of the molecule is COC(=O)[C@@H]1[C@@H](C(F)F)[C@@]12C(=O)N(C)c1ccccc12. The third kappa shape index (κ3) is 1.29. The van der Waals surface area contributed by atoms with Crippen molar-refractivity contribution in [2.24, 2.45) is 11.8 Å². The molecule has 0 N–H and O–H groups in total. The van der Waals surface area contributed by atoms with Crippen molar-refractivity contribution < 1.29 is 23.1 Å². The standard InChI is InChI=1S/C14H13F2NO3/c1-17-8-6-4-3-5-7(8)14(13(17)19)9(11(15)16)10(14)12(18)20-2/h3-6,9-11H,1-2H3/t9-,10-,14+/m0/s1. The van der Waals surface area contributed by atoms with E-state index in [1.165, 1.54) is 11.9 Å². The van der Waals surface area contributed by atoms with Gasteiger partial charge in [-0.05, 0) is 11.6 Å². The van der Waals surface area contributed by atoms with Gasteiger partial charge in [-0.3, -0.25) is 9.59 Å². The van der Waals surface area contributed by atoms with E-state index in [9.17, 15) is 18.4 Å². The van der Waals surface area contributed by atoms with Gasteiger partial charge in [-0.1, -0.05) is 18.2 Å². The number of fused-ring (bicyclic) bond motifs is 2. The van der Waals surface area contributed by atoms with E-state index in [0.717, 1.165) is 7.11 Å². The van der Waals surface area contributed by atoms with Gasteiger partial charge in [0.05, 0.1) is 24.4 Å². The minimum Gasteiger partial charge on any atom is -0.469 e. The maximum atomic E-state index is 13.3. The molecule has 0 radical (unpaired) electrons. The highest BCUT2D eigenvalue weighted by atomic mass is 19.3. The van der Waals surface area contributed by atoms with Crippen molar-refractivity contribution in [1.29, 1.82) is 0 Å². The summed E-state index contributed by atoms with van der Waals surface area (Å²) >= 11 is 0. The molecule has 0 saturated heterocycles. The molecule has 0 bridgehead atoms. The van der Waals surface area contributed by atoms with Crippen LogP contribution in [0.15, 0.2) is 24.3 Å². The van der Waals surface area contributed by atoms with Crippen LogP contribution in [0.25, 0.3) is 0 Å². The lowest BCUT2D eigenvalue weighted by Crippen LogP contribution is -2.32. The topological polar surface area (TPSA) is 46.6 Å². The Labute approximate surface area is 114 Å². The summed E-state index contributed by atoms with van der Waals surface area (Å²) < 4.78 is 31.2. The average molecular weight is 281 g/mol. The highest BCUT2D eigenvalue weighted by molar-refractivity contribution is 6.14. The molecule has 3 rings (SSSR count). The van der Waals surface area contributed by atoms with E-state index in [0.29, 0.717) is 11.3 Å². The van der Waals surface area contributed by atoms with E-state index in [1.807, 2.05) is 0 Å². The highest BCUT2D eigenvalue weighted by Crippen LogP contribution is 2.67. The largest absolute Gasteiger partial charge is 0.469 e. The van der Waals surface area contributed by atoms with Crippen LogP contribution in [0.2, 0.25) is 0 Å². The maximum absolute atomic E-state index is 13.3. The predicted octanol–water partition coefficient (Wildman–Crippen LogP) is 1.58. The van der Waals surface area contributed by atoms with Gasteiger partial charge in [0, 0.05) is 12.7 Å². The number of hydrogen-bond acceptors (Lipinski definition) is 3. The monoisotopic (exact) mass is 281 g/mol. The molecule has 0 unspecified atom stereocenters. The number of carbonyl (C=O) groups is 2. The van der Waals surface area contributed by atoms with Crippen molar-refractivity contribution in [1.82, 2.24) is 0 Å².